The fourth-order valence-electron chi connectivity index (χ4n) is 3.87. The maximum atomic E-state index is 13.2. The van der Waals surface area contributed by atoms with Gasteiger partial charge in [-0.2, -0.15) is 0 Å². The number of nitrogens with one attached hydrogen (secondary N) is 1. The maximum Gasteiger partial charge on any atom is 0.343 e. The number of esters is 2. The zero-order chi connectivity index (χ0) is 26.7. The van der Waals surface area contributed by atoms with E-state index in [0.717, 1.165) is 16.0 Å². The first-order chi connectivity index (χ1) is 17.7. The Bertz CT molecular complexity index is 1430. The van der Waals surface area contributed by atoms with Crippen molar-refractivity contribution in [2.24, 2.45) is 0 Å². The molecule has 3 aromatic carbocycles. The van der Waals surface area contributed by atoms with Crippen molar-refractivity contribution in [3.63, 3.8) is 0 Å². The number of ether oxygens (including phenoxy) is 2. The van der Waals surface area contributed by atoms with Crippen LogP contribution in [0.2, 0.25) is 0 Å². The highest BCUT2D eigenvalue weighted by Crippen LogP contribution is 2.32. The van der Waals surface area contributed by atoms with Gasteiger partial charge in [0.1, 0.15) is 16.5 Å². The van der Waals surface area contributed by atoms with Crippen molar-refractivity contribution in [3.05, 3.63) is 99.7 Å². The van der Waals surface area contributed by atoms with E-state index in [1.165, 1.54) is 24.3 Å². The van der Waals surface area contributed by atoms with Gasteiger partial charge in [0.15, 0.2) is 0 Å². The fourth-order valence-corrected chi connectivity index (χ4v) is 4.08. The second kappa shape index (κ2) is 10.7. The third-order valence-electron chi connectivity index (χ3n) is 5.46. The molecule has 8 nitrogen and oxygen atoms in total. The van der Waals surface area contributed by atoms with Gasteiger partial charge in [-0.3, -0.25) is 9.59 Å². The summed E-state index contributed by atoms with van der Waals surface area (Å²) < 4.78 is 10.5. The lowest BCUT2D eigenvalue weighted by Crippen LogP contribution is -2.33. The van der Waals surface area contributed by atoms with Crippen LogP contribution in [0.25, 0.3) is 0 Å². The number of imide groups is 1. The molecule has 0 aliphatic carbocycles. The molecule has 3 aromatic rings. The van der Waals surface area contributed by atoms with Crippen molar-refractivity contribution in [1.82, 2.24) is 0 Å². The van der Waals surface area contributed by atoms with E-state index in [-0.39, 0.29) is 28.6 Å². The molecule has 0 unspecified atom stereocenters. The van der Waals surface area contributed by atoms with E-state index < -0.39 is 23.8 Å². The molecule has 0 atom stereocenters. The molecule has 9 heteroatoms. The topological polar surface area (TPSA) is 102 Å². The Kier molecular flexibility index (Phi) is 7.40. The number of amides is 2. The Hall–Kier alpha value is -4.43. The van der Waals surface area contributed by atoms with E-state index >= 15 is 0 Å². The Balaban J connectivity index is 1.51. The summed E-state index contributed by atoms with van der Waals surface area (Å²) in [5.41, 5.74) is 2.63. The summed E-state index contributed by atoms with van der Waals surface area (Å²) in [6.07, 6.45) is 0. The highest BCUT2D eigenvalue weighted by atomic mass is 35.5. The zero-order valence-electron chi connectivity index (χ0n) is 20.3. The highest BCUT2D eigenvalue weighted by Gasteiger charge is 2.40. The summed E-state index contributed by atoms with van der Waals surface area (Å²) in [6.45, 7) is 5.61. The molecule has 4 rings (SSSR count). The van der Waals surface area contributed by atoms with Crippen LogP contribution >= 0.6 is 11.6 Å². The second-order valence-corrected chi connectivity index (χ2v) is 8.67. The Morgan fingerprint density at radius 3 is 2.19 bits per heavy atom. The Labute approximate surface area is 218 Å². The minimum absolute atomic E-state index is 0.0587. The predicted molar refractivity (Wildman–Crippen MR) is 139 cm³/mol. The van der Waals surface area contributed by atoms with Crippen molar-refractivity contribution in [2.75, 3.05) is 16.8 Å². The van der Waals surface area contributed by atoms with Crippen LogP contribution in [-0.2, 0) is 14.3 Å². The molecule has 1 aliphatic heterocycles. The lowest BCUT2D eigenvalue weighted by molar-refractivity contribution is -0.120. The van der Waals surface area contributed by atoms with Gasteiger partial charge in [0.05, 0.1) is 23.4 Å². The van der Waals surface area contributed by atoms with Gasteiger partial charge < -0.3 is 14.8 Å². The average molecular weight is 519 g/mol. The predicted octanol–water partition coefficient (Wildman–Crippen LogP) is 5.14. The molecule has 0 saturated carbocycles. The van der Waals surface area contributed by atoms with E-state index in [4.69, 9.17) is 21.1 Å². The Morgan fingerprint density at radius 1 is 0.892 bits per heavy atom. The van der Waals surface area contributed by atoms with Crippen molar-refractivity contribution >= 4 is 46.7 Å². The number of hydrogen-bond donors (Lipinski definition) is 1. The number of benzene rings is 3. The van der Waals surface area contributed by atoms with Crippen LogP contribution in [0.15, 0.2) is 77.5 Å². The van der Waals surface area contributed by atoms with Gasteiger partial charge in [-0.25, -0.2) is 14.5 Å². The SMILES string of the molecule is CCOC(=O)c1ccccc1N1C(=O)C(Cl)=C(Nc2ccc(C(=O)Oc3cc(C)cc(C)c3)cc2)C1=O. The number of para-hydroxylation sites is 1. The number of aryl methyl sites for hydroxylation is 2. The normalized spacial score (nSPS) is 13.1. The smallest absolute Gasteiger partial charge is 0.343 e. The van der Waals surface area contributed by atoms with E-state index in [0.29, 0.717) is 17.0 Å². The summed E-state index contributed by atoms with van der Waals surface area (Å²) in [4.78, 5) is 51.8. The summed E-state index contributed by atoms with van der Waals surface area (Å²) >= 11 is 6.22. The highest BCUT2D eigenvalue weighted by molar-refractivity contribution is 6.53. The lowest BCUT2D eigenvalue weighted by Gasteiger charge is -2.18. The summed E-state index contributed by atoms with van der Waals surface area (Å²) in [6, 6.07) is 17.8. The van der Waals surface area contributed by atoms with E-state index in [1.54, 1.807) is 43.3 Å². The van der Waals surface area contributed by atoms with Crippen molar-refractivity contribution in [2.45, 2.75) is 20.8 Å². The standard InChI is InChI=1S/C28H23ClN2O6/c1-4-36-28(35)21-7-5-6-8-22(21)31-25(32)23(29)24(26(31)33)30-19-11-9-18(10-12-19)27(34)37-20-14-16(2)13-17(3)15-20/h5-15,30H,4H2,1-3H3. The molecule has 0 saturated heterocycles. The van der Waals surface area contributed by atoms with Gasteiger partial charge in [0.2, 0.25) is 0 Å². The lowest BCUT2D eigenvalue weighted by atomic mass is 10.1. The average Bonchev–Trinajstić information content (AvgIpc) is 3.07. The number of anilines is 2. The van der Waals surface area contributed by atoms with Gasteiger partial charge in [0, 0.05) is 5.69 Å². The Morgan fingerprint density at radius 2 is 1.54 bits per heavy atom. The molecule has 0 aromatic heterocycles. The van der Waals surface area contributed by atoms with Gasteiger partial charge in [-0.05, 0) is 80.4 Å². The van der Waals surface area contributed by atoms with Crippen molar-refractivity contribution < 1.29 is 28.7 Å². The number of hydrogen-bond acceptors (Lipinski definition) is 7. The van der Waals surface area contributed by atoms with Crippen molar-refractivity contribution in [3.8, 4) is 5.75 Å². The third-order valence-corrected chi connectivity index (χ3v) is 5.81. The number of carbonyl (C=O) groups is 4. The van der Waals surface area contributed by atoms with Crippen LogP contribution in [0.3, 0.4) is 0 Å². The molecule has 0 fully saturated rings. The number of nitrogens with zero attached hydrogens (tertiary/aromatic N) is 1. The van der Waals surface area contributed by atoms with Crippen LogP contribution in [0.4, 0.5) is 11.4 Å². The molecular weight excluding hydrogens is 496 g/mol. The van der Waals surface area contributed by atoms with Gasteiger partial charge in [-0.1, -0.05) is 29.8 Å². The molecule has 2 amide bonds. The number of halogens is 1. The molecule has 1 N–H and O–H groups in total. The summed E-state index contributed by atoms with van der Waals surface area (Å²) in [5.74, 6) is -2.27. The first kappa shape index (κ1) is 25.7. The van der Waals surface area contributed by atoms with Gasteiger partial charge in [0.25, 0.3) is 11.8 Å². The zero-order valence-corrected chi connectivity index (χ0v) is 21.1. The molecule has 1 heterocycles. The molecule has 188 valence electrons. The molecule has 0 radical (unpaired) electrons. The molecule has 0 bridgehead atoms. The van der Waals surface area contributed by atoms with E-state index in [9.17, 15) is 19.2 Å². The third kappa shape index (κ3) is 5.39. The molecular formula is C28H23ClN2O6. The van der Waals surface area contributed by atoms with Crippen LogP contribution in [-0.4, -0.2) is 30.4 Å². The first-order valence-corrected chi connectivity index (χ1v) is 11.8. The van der Waals surface area contributed by atoms with Gasteiger partial charge in [-0.15, -0.1) is 0 Å². The minimum atomic E-state index is -0.778. The summed E-state index contributed by atoms with van der Waals surface area (Å²) in [7, 11) is 0. The van der Waals surface area contributed by atoms with E-state index in [1.807, 2.05) is 19.9 Å². The largest absolute Gasteiger partial charge is 0.462 e. The maximum absolute atomic E-state index is 13.2. The van der Waals surface area contributed by atoms with Crippen LogP contribution in [0.1, 0.15) is 38.8 Å². The van der Waals surface area contributed by atoms with Crippen LogP contribution in [0.5, 0.6) is 5.75 Å². The quantitative estimate of drug-likeness (QED) is 0.262. The fraction of sp³-hybridized carbons (Fsp3) is 0.143. The van der Waals surface area contributed by atoms with Crippen LogP contribution in [0, 0.1) is 13.8 Å². The van der Waals surface area contributed by atoms with E-state index in [2.05, 4.69) is 5.32 Å². The molecule has 1 aliphatic rings. The number of carbonyl (C=O) groups excluding carboxylic acids is 4. The monoisotopic (exact) mass is 518 g/mol. The number of rotatable bonds is 7. The van der Waals surface area contributed by atoms with Crippen LogP contribution < -0.4 is 15.0 Å². The molecule has 0 spiro atoms. The first-order valence-electron chi connectivity index (χ1n) is 11.4. The minimum Gasteiger partial charge on any atom is -0.462 e. The summed E-state index contributed by atoms with van der Waals surface area (Å²) in [5, 5.41) is 2.51. The van der Waals surface area contributed by atoms with Crippen molar-refractivity contribution in [1.29, 1.82) is 0 Å². The van der Waals surface area contributed by atoms with Gasteiger partial charge >= 0.3 is 11.9 Å². The molecule has 37 heavy (non-hydrogen) atoms. The second-order valence-electron chi connectivity index (χ2n) is 8.29.